The van der Waals surface area contributed by atoms with Crippen molar-refractivity contribution in [2.45, 2.75) is 6.18 Å². The number of halogens is 3. The average molecular weight is 280 g/mol. The minimum absolute atomic E-state index is 0.00465. The third kappa shape index (κ3) is 3.17. The van der Waals surface area contributed by atoms with Crippen molar-refractivity contribution in [3.63, 3.8) is 0 Å². The second-order valence-corrected chi connectivity index (χ2v) is 4.19. The lowest BCUT2D eigenvalue weighted by Gasteiger charge is -2.07. The highest BCUT2D eigenvalue weighted by molar-refractivity contribution is 6.08. The van der Waals surface area contributed by atoms with Gasteiger partial charge in [-0.1, -0.05) is 18.2 Å². The Labute approximate surface area is 113 Å². The highest BCUT2D eigenvalue weighted by Gasteiger charge is 2.24. The second-order valence-electron chi connectivity index (χ2n) is 4.19. The van der Waals surface area contributed by atoms with Crippen LogP contribution in [0, 0.1) is 0 Å². The van der Waals surface area contributed by atoms with Crippen molar-refractivity contribution in [3.8, 4) is 5.75 Å². The topological polar surface area (TPSA) is 26.3 Å². The van der Waals surface area contributed by atoms with Crippen LogP contribution in [0.25, 0.3) is 16.3 Å². The van der Waals surface area contributed by atoms with E-state index in [1.54, 1.807) is 30.3 Å². The maximum absolute atomic E-state index is 12.3. The van der Waals surface area contributed by atoms with Crippen LogP contribution in [0.4, 0.5) is 13.2 Å². The highest BCUT2D eigenvalue weighted by Crippen LogP contribution is 2.27. The van der Waals surface area contributed by atoms with Crippen molar-refractivity contribution in [1.29, 1.82) is 0 Å². The van der Waals surface area contributed by atoms with E-state index in [-0.39, 0.29) is 17.9 Å². The summed E-state index contributed by atoms with van der Waals surface area (Å²) in [6, 6.07) is 9.89. The summed E-state index contributed by atoms with van der Waals surface area (Å²) < 4.78 is 42.1. The summed E-state index contributed by atoms with van der Waals surface area (Å²) in [5.41, 5.74) is -0.162. The van der Waals surface area contributed by atoms with Crippen LogP contribution in [0.2, 0.25) is 0 Å². The van der Waals surface area contributed by atoms with Gasteiger partial charge in [0.15, 0.2) is 6.29 Å². The molecule has 20 heavy (non-hydrogen) atoms. The van der Waals surface area contributed by atoms with Crippen molar-refractivity contribution >= 4 is 22.6 Å². The Morgan fingerprint density at radius 2 is 1.75 bits per heavy atom. The van der Waals surface area contributed by atoms with E-state index >= 15 is 0 Å². The van der Waals surface area contributed by atoms with Crippen molar-refractivity contribution in [1.82, 2.24) is 0 Å². The summed E-state index contributed by atoms with van der Waals surface area (Å²) in [5.74, 6) is 0.659. The zero-order valence-corrected chi connectivity index (χ0v) is 10.6. The summed E-state index contributed by atoms with van der Waals surface area (Å²) in [4.78, 5) is 10.8. The molecular weight excluding hydrogens is 269 g/mol. The molecule has 5 heteroatoms. The van der Waals surface area contributed by atoms with Crippen molar-refractivity contribution in [2.75, 3.05) is 7.11 Å². The lowest BCUT2D eigenvalue weighted by atomic mass is 10.0. The minimum Gasteiger partial charge on any atom is -0.497 e. The Kier molecular flexibility index (Phi) is 3.79. The first-order valence-electron chi connectivity index (χ1n) is 5.76. The molecule has 0 N–H and O–H groups in total. The number of aldehydes is 1. The molecule has 0 saturated heterocycles. The van der Waals surface area contributed by atoms with Crippen LogP contribution in [-0.2, 0) is 4.79 Å². The van der Waals surface area contributed by atoms with Crippen LogP contribution >= 0.6 is 0 Å². The van der Waals surface area contributed by atoms with Crippen LogP contribution in [-0.4, -0.2) is 19.6 Å². The summed E-state index contributed by atoms with van der Waals surface area (Å²) >= 11 is 0. The molecular formula is C15H11F3O2. The van der Waals surface area contributed by atoms with E-state index in [0.29, 0.717) is 5.75 Å². The molecule has 0 spiro atoms. The Hall–Kier alpha value is -2.30. The molecule has 104 valence electrons. The number of carbonyl (C=O) groups is 1. The normalized spacial score (nSPS) is 12.5. The first-order valence-corrected chi connectivity index (χ1v) is 5.76. The quantitative estimate of drug-likeness (QED) is 0.627. The van der Waals surface area contributed by atoms with E-state index in [4.69, 9.17) is 4.74 Å². The molecule has 2 rings (SSSR count). The Bertz CT molecular complexity index is 672. The Morgan fingerprint density at radius 3 is 2.35 bits per heavy atom. The van der Waals surface area contributed by atoms with E-state index in [2.05, 4.69) is 0 Å². The largest absolute Gasteiger partial charge is 0.497 e. The minimum atomic E-state index is -4.52. The summed E-state index contributed by atoms with van der Waals surface area (Å²) in [6.07, 6.45) is -4.31. The van der Waals surface area contributed by atoms with Gasteiger partial charge in [-0.3, -0.25) is 4.79 Å². The zero-order chi connectivity index (χ0) is 14.8. The predicted molar refractivity (Wildman–Crippen MR) is 70.6 cm³/mol. The smallest absolute Gasteiger partial charge is 0.410 e. The summed E-state index contributed by atoms with van der Waals surface area (Å²) in [6.45, 7) is 0. The fraction of sp³-hybridized carbons (Fsp3) is 0.133. The third-order valence-corrected chi connectivity index (χ3v) is 2.83. The third-order valence-electron chi connectivity index (χ3n) is 2.83. The zero-order valence-electron chi connectivity index (χ0n) is 10.6. The molecule has 0 amide bonds. The summed E-state index contributed by atoms with van der Waals surface area (Å²) in [5, 5.41) is 1.56. The molecule has 0 aliphatic rings. The van der Waals surface area contributed by atoms with E-state index in [9.17, 15) is 18.0 Å². The standard InChI is InChI=1S/C15H11F3O2/c1-20-14-5-4-10-6-11(2-3-12(10)7-14)13(9-19)8-15(16,17)18/h2-9H,1H3/b13-8-. The van der Waals surface area contributed by atoms with E-state index in [1.807, 2.05) is 0 Å². The number of hydrogen-bond acceptors (Lipinski definition) is 2. The SMILES string of the molecule is COc1ccc2cc(/C(C=O)=C\C(F)(F)F)ccc2c1. The molecule has 0 aliphatic carbocycles. The number of methoxy groups -OCH3 is 1. The molecule has 2 aromatic carbocycles. The van der Waals surface area contributed by atoms with Crippen molar-refractivity contribution in [2.24, 2.45) is 0 Å². The molecule has 0 saturated carbocycles. The number of rotatable bonds is 3. The van der Waals surface area contributed by atoms with E-state index in [1.165, 1.54) is 13.2 Å². The number of benzene rings is 2. The summed E-state index contributed by atoms with van der Waals surface area (Å²) in [7, 11) is 1.53. The van der Waals surface area contributed by atoms with Crippen LogP contribution in [0.5, 0.6) is 5.75 Å². The van der Waals surface area contributed by atoms with Crippen molar-refractivity contribution in [3.05, 3.63) is 48.0 Å². The molecule has 0 aromatic heterocycles. The molecule has 2 nitrogen and oxygen atoms in total. The molecule has 2 aromatic rings. The fourth-order valence-electron chi connectivity index (χ4n) is 1.89. The number of hydrogen-bond donors (Lipinski definition) is 0. The van der Waals surface area contributed by atoms with Crippen molar-refractivity contribution < 1.29 is 22.7 Å². The molecule has 0 radical (unpaired) electrons. The van der Waals surface area contributed by atoms with Crippen LogP contribution in [0.1, 0.15) is 5.56 Å². The molecule has 0 aliphatic heterocycles. The highest BCUT2D eigenvalue weighted by atomic mass is 19.4. The van der Waals surface area contributed by atoms with E-state index < -0.39 is 11.7 Å². The van der Waals surface area contributed by atoms with Crippen LogP contribution in [0.15, 0.2) is 42.5 Å². The van der Waals surface area contributed by atoms with Gasteiger partial charge in [0.2, 0.25) is 0 Å². The Balaban J connectivity index is 2.51. The van der Waals surface area contributed by atoms with Gasteiger partial charge in [-0.2, -0.15) is 13.2 Å². The van der Waals surface area contributed by atoms with Gasteiger partial charge in [-0.15, -0.1) is 0 Å². The maximum Gasteiger partial charge on any atom is 0.410 e. The predicted octanol–water partition coefficient (Wildman–Crippen LogP) is 3.99. The van der Waals surface area contributed by atoms with Gasteiger partial charge in [0.1, 0.15) is 5.75 Å². The van der Waals surface area contributed by atoms with Crippen LogP contribution < -0.4 is 4.74 Å². The monoisotopic (exact) mass is 280 g/mol. The lowest BCUT2D eigenvalue weighted by Crippen LogP contribution is -2.03. The lowest BCUT2D eigenvalue weighted by molar-refractivity contribution is -0.104. The van der Waals surface area contributed by atoms with Crippen LogP contribution in [0.3, 0.4) is 0 Å². The number of allylic oxidation sites excluding steroid dienone is 2. The number of alkyl halides is 3. The first-order chi connectivity index (χ1) is 9.43. The Morgan fingerprint density at radius 1 is 1.10 bits per heavy atom. The molecule has 0 unspecified atom stereocenters. The average Bonchev–Trinajstić information content (AvgIpc) is 2.42. The van der Waals surface area contributed by atoms with Gasteiger partial charge >= 0.3 is 6.18 Å². The first kappa shape index (κ1) is 14.1. The molecule has 0 heterocycles. The van der Waals surface area contributed by atoms with Gasteiger partial charge in [0, 0.05) is 11.6 Å². The van der Waals surface area contributed by atoms with Gasteiger partial charge < -0.3 is 4.74 Å². The number of fused-ring (bicyclic) bond motifs is 1. The second kappa shape index (κ2) is 5.36. The van der Waals surface area contributed by atoms with Gasteiger partial charge in [-0.25, -0.2) is 0 Å². The van der Waals surface area contributed by atoms with Gasteiger partial charge in [0.05, 0.1) is 7.11 Å². The van der Waals surface area contributed by atoms with Gasteiger partial charge in [0.25, 0.3) is 0 Å². The number of ether oxygens (including phenoxy) is 1. The van der Waals surface area contributed by atoms with Gasteiger partial charge in [-0.05, 0) is 34.5 Å². The maximum atomic E-state index is 12.3. The molecule has 0 fully saturated rings. The molecule has 0 bridgehead atoms. The fourth-order valence-corrected chi connectivity index (χ4v) is 1.89. The molecule has 0 atom stereocenters. The number of carbonyl (C=O) groups excluding carboxylic acids is 1. The van der Waals surface area contributed by atoms with E-state index in [0.717, 1.165) is 10.8 Å².